The molecule has 2 saturated heterocycles. The summed E-state index contributed by atoms with van der Waals surface area (Å²) in [4.78, 5) is 27.5. The normalized spacial score (nSPS) is 29.0. The number of likely N-dealkylation sites (N-methyl/N-ethyl adjacent to an activating group) is 1. The summed E-state index contributed by atoms with van der Waals surface area (Å²) in [6.07, 6.45) is 0.921. The smallest absolute Gasteiger partial charge is 0.324 e. The number of carbonyl (C=O) groups excluding carboxylic acids is 2. The predicted octanol–water partition coefficient (Wildman–Crippen LogP) is 1.51. The lowest BCUT2D eigenvalue weighted by molar-refractivity contribution is -0.132. The quantitative estimate of drug-likeness (QED) is 0.809. The molecule has 6 nitrogen and oxygen atoms in total. The Morgan fingerprint density at radius 2 is 2.20 bits per heavy atom. The Bertz CT molecular complexity index is 683. The van der Waals surface area contributed by atoms with Crippen LogP contribution in [0.3, 0.4) is 0 Å². The number of halogens is 1. The summed E-state index contributed by atoms with van der Waals surface area (Å²) in [5, 5.41) is 13.2. The van der Waals surface area contributed by atoms with Gasteiger partial charge in [-0.25, -0.2) is 9.18 Å². The largest absolute Gasteiger partial charge is 0.387 e. The molecule has 2 heterocycles. The number of carbonyl (C=O) groups is 2. The molecule has 0 spiro atoms. The first kappa shape index (κ1) is 17.8. The maximum atomic E-state index is 13.3. The zero-order valence-corrected chi connectivity index (χ0v) is 14.5. The molecule has 2 fully saturated rings. The third kappa shape index (κ3) is 3.39. The number of hydrogen-bond acceptors (Lipinski definition) is 4. The van der Waals surface area contributed by atoms with Gasteiger partial charge in [-0.05, 0) is 44.0 Å². The number of imide groups is 1. The van der Waals surface area contributed by atoms with Crippen molar-refractivity contribution >= 4 is 11.9 Å². The molecule has 0 unspecified atom stereocenters. The number of hydrogen-bond donors (Lipinski definition) is 2. The van der Waals surface area contributed by atoms with E-state index in [1.807, 2.05) is 0 Å². The number of rotatable bonds is 4. The number of piperidine rings is 1. The summed E-state index contributed by atoms with van der Waals surface area (Å²) in [5.74, 6) is -0.611. The summed E-state index contributed by atoms with van der Waals surface area (Å²) in [6, 6.07) is 5.59. The van der Waals surface area contributed by atoms with Crippen LogP contribution in [-0.4, -0.2) is 59.1 Å². The van der Waals surface area contributed by atoms with Crippen LogP contribution in [-0.2, 0) is 4.79 Å². The van der Waals surface area contributed by atoms with Crippen LogP contribution in [0.2, 0.25) is 0 Å². The number of nitrogens with one attached hydrogen (secondary N) is 1. The fraction of sp³-hybridized carbons (Fsp3) is 0.556. The lowest BCUT2D eigenvalue weighted by atomic mass is 9.80. The van der Waals surface area contributed by atoms with Crippen LogP contribution >= 0.6 is 0 Å². The maximum absolute atomic E-state index is 13.3. The topological polar surface area (TPSA) is 72.9 Å². The second-order valence-electron chi connectivity index (χ2n) is 7.17. The Morgan fingerprint density at radius 1 is 1.44 bits per heavy atom. The third-order valence-corrected chi connectivity index (χ3v) is 5.41. The van der Waals surface area contributed by atoms with E-state index in [2.05, 4.69) is 10.2 Å². The number of amides is 3. The first-order valence-corrected chi connectivity index (χ1v) is 8.57. The molecule has 0 radical (unpaired) electrons. The monoisotopic (exact) mass is 349 g/mol. The van der Waals surface area contributed by atoms with E-state index in [-0.39, 0.29) is 23.7 Å². The molecule has 2 aliphatic rings. The van der Waals surface area contributed by atoms with Crippen molar-refractivity contribution in [3.63, 3.8) is 0 Å². The van der Waals surface area contributed by atoms with E-state index in [0.29, 0.717) is 18.7 Å². The van der Waals surface area contributed by atoms with Crippen molar-refractivity contribution < 1.29 is 19.1 Å². The Kier molecular flexibility index (Phi) is 4.79. The van der Waals surface area contributed by atoms with Gasteiger partial charge < -0.3 is 15.3 Å². The fourth-order valence-electron chi connectivity index (χ4n) is 3.83. The minimum Gasteiger partial charge on any atom is -0.387 e. The van der Waals surface area contributed by atoms with E-state index in [9.17, 15) is 19.1 Å². The molecule has 7 heteroatoms. The van der Waals surface area contributed by atoms with Crippen molar-refractivity contribution in [3.05, 3.63) is 35.6 Å². The molecule has 0 bridgehead atoms. The summed E-state index contributed by atoms with van der Waals surface area (Å²) < 4.78 is 13.3. The zero-order chi connectivity index (χ0) is 18.2. The van der Waals surface area contributed by atoms with Gasteiger partial charge in [0.05, 0.1) is 6.10 Å². The molecule has 0 aromatic heterocycles. The standard InChI is InChI=1S/C18H24FN3O3/c1-18(16(24)21(2)17(25)20-18)13-6-4-8-22(10-13)11-15(23)12-5-3-7-14(19)9-12/h3,5,7,9,13,15,23H,4,6,8,10-11H2,1-2H3,(H,20,25)/t13-,15+,18+/m0/s1. The van der Waals surface area contributed by atoms with Crippen molar-refractivity contribution in [2.75, 3.05) is 26.7 Å². The SMILES string of the molecule is CN1C(=O)N[C@](C)([C@H]2CCCN(C[C@@H](O)c3cccc(F)c3)C2)C1=O. The summed E-state index contributed by atoms with van der Waals surface area (Å²) >= 11 is 0. The molecule has 25 heavy (non-hydrogen) atoms. The number of β-amino-alcohol motifs (C(OH)–C–C–N with tert-alkyl or cyclic N) is 1. The lowest BCUT2D eigenvalue weighted by Crippen LogP contribution is -2.56. The Hall–Kier alpha value is -1.99. The molecular formula is C18H24FN3O3. The van der Waals surface area contributed by atoms with Crippen molar-refractivity contribution in [1.82, 2.24) is 15.1 Å². The predicted molar refractivity (Wildman–Crippen MR) is 90.2 cm³/mol. The molecule has 2 aliphatic heterocycles. The number of aliphatic hydroxyl groups is 1. The van der Waals surface area contributed by atoms with Crippen LogP contribution in [0.5, 0.6) is 0 Å². The molecule has 0 saturated carbocycles. The minimum absolute atomic E-state index is 0.0256. The van der Waals surface area contributed by atoms with Gasteiger partial charge in [0.2, 0.25) is 0 Å². The molecule has 3 amide bonds. The maximum Gasteiger partial charge on any atom is 0.324 e. The highest BCUT2D eigenvalue weighted by molar-refractivity contribution is 6.06. The minimum atomic E-state index is -0.908. The second kappa shape index (κ2) is 6.72. The van der Waals surface area contributed by atoms with E-state index in [1.54, 1.807) is 19.1 Å². The van der Waals surface area contributed by atoms with E-state index >= 15 is 0 Å². The van der Waals surface area contributed by atoms with E-state index in [1.165, 1.54) is 19.2 Å². The highest BCUT2D eigenvalue weighted by atomic mass is 19.1. The first-order chi connectivity index (χ1) is 11.8. The third-order valence-electron chi connectivity index (χ3n) is 5.41. The average Bonchev–Trinajstić information content (AvgIpc) is 2.79. The van der Waals surface area contributed by atoms with Crippen molar-refractivity contribution in [2.24, 2.45) is 5.92 Å². The summed E-state index contributed by atoms with van der Waals surface area (Å²) in [5.41, 5.74) is -0.368. The Balaban J connectivity index is 1.67. The van der Waals surface area contributed by atoms with Crippen molar-refractivity contribution in [1.29, 1.82) is 0 Å². The molecule has 1 aromatic rings. The Morgan fingerprint density at radius 3 is 2.84 bits per heavy atom. The van der Waals surface area contributed by atoms with Gasteiger partial charge in [-0.1, -0.05) is 12.1 Å². The molecule has 1 aromatic carbocycles. The molecule has 136 valence electrons. The molecule has 2 N–H and O–H groups in total. The van der Waals surface area contributed by atoms with Crippen LogP contribution < -0.4 is 5.32 Å². The van der Waals surface area contributed by atoms with Crippen LogP contribution in [0.25, 0.3) is 0 Å². The van der Waals surface area contributed by atoms with Gasteiger partial charge >= 0.3 is 6.03 Å². The van der Waals surface area contributed by atoms with E-state index < -0.39 is 11.6 Å². The van der Waals surface area contributed by atoms with Crippen LogP contribution in [0, 0.1) is 11.7 Å². The van der Waals surface area contributed by atoms with Gasteiger partial charge in [0.25, 0.3) is 5.91 Å². The summed E-state index contributed by atoms with van der Waals surface area (Å²) in [6.45, 7) is 3.54. The van der Waals surface area contributed by atoms with E-state index in [0.717, 1.165) is 24.3 Å². The summed E-state index contributed by atoms with van der Waals surface area (Å²) in [7, 11) is 1.48. The van der Waals surface area contributed by atoms with Gasteiger partial charge in [-0.15, -0.1) is 0 Å². The lowest BCUT2D eigenvalue weighted by Gasteiger charge is -2.40. The van der Waals surface area contributed by atoms with Crippen LogP contribution in [0.15, 0.2) is 24.3 Å². The van der Waals surface area contributed by atoms with Gasteiger partial charge in [-0.3, -0.25) is 9.69 Å². The number of urea groups is 1. The highest BCUT2D eigenvalue weighted by Crippen LogP contribution is 2.32. The van der Waals surface area contributed by atoms with Crippen molar-refractivity contribution in [3.8, 4) is 0 Å². The van der Waals surface area contributed by atoms with Gasteiger partial charge in [-0.2, -0.15) is 0 Å². The highest BCUT2D eigenvalue weighted by Gasteiger charge is 2.51. The van der Waals surface area contributed by atoms with Crippen molar-refractivity contribution in [2.45, 2.75) is 31.4 Å². The van der Waals surface area contributed by atoms with E-state index in [4.69, 9.17) is 0 Å². The van der Waals surface area contributed by atoms with Gasteiger partial charge in [0.15, 0.2) is 0 Å². The van der Waals surface area contributed by atoms with Crippen LogP contribution in [0.1, 0.15) is 31.4 Å². The van der Waals surface area contributed by atoms with Gasteiger partial charge in [0, 0.05) is 26.1 Å². The molecule has 0 aliphatic carbocycles. The van der Waals surface area contributed by atoms with Crippen LogP contribution in [0.4, 0.5) is 9.18 Å². The Labute approximate surface area is 146 Å². The first-order valence-electron chi connectivity index (χ1n) is 8.57. The molecular weight excluding hydrogens is 325 g/mol. The number of benzene rings is 1. The zero-order valence-electron chi connectivity index (χ0n) is 14.5. The number of aliphatic hydroxyl groups excluding tert-OH is 1. The molecule has 3 atom stereocenters. The number of likely N-dealkylation sites (tertiary alicyclic amines) is 1. The average molecular weight is 349 g/mol. The fourth-order valence-corrected chi connectivity index (χ4v) is 3.83. The van der Waals surface area contributed by atoms with Gasteiger partial charge in [0.1, 0.15) is 11.4 Å². The number of nitrogens with zero attached hydrogens (tertiary/aromatic N) is 2. The molecule has 3 rings (SSSR count). The second-order valence-corrected chi connectivity index (χ2v) is 7.17.